The zero-order valence-corrected chi connectivity index (χ0v) is 12.3. The molecule has 0 aromatic carbocycles. The van der Waals surface area contributed by atoms with Crippen LogP contribution in [0.2, 0.25) is 0 Å². The van der Waals surface area contributed by atoms with Gasteiger partial charge in [-0.1, -0.05) is 15.9 Å². The lowest BCUT2D eigenvalue weighted by atomic mass is 10.3. The standard InChI is InChI=1S/C11H23BrN2O2/c1-10(12)11(15)14(8-9-16-4)7-5-6-13(2)3/h10H,5-9H2,1-4H3. The molecular formula is C11H23BrN2O2. The summed E-state index contributed by atoms with van der Waals surface area (Å²) in [6.45, 7) is 4.89. The number of halogens is 1. The maximum absolute atomic E-state index is 11.8. The predicted octanol–water partition coefficient (Wildman–Crippen LogP) is 1.20. The maximum Gasteiger partial charge on any atom is 0.236 e. The fraction of sp³-hybridized carbons (Fsp3) is 0.909. The largest absolute Gasteiger partial charge is 0.383 e. The first kappa shape index (κ1) is 15.9. The average Bonchev–Trinajstić information content (AvgIpc) is 2.21. The quantitative estimate of drug-likeness (QED) is 0.631. The third-order valence-electron chi connectivity index (χ3n) is 2.25. The van der Waals surface area contributed by atoms with Crippen LogP contribution in [0.25, 0.3) is 0 Å². The molecule has 4 nitrogen and oxygen atoms in total. The number of nitrogens with zero attached hydrogens (tertiary/aromatic N) is 2. The normalized spacial score (nSPS) is 12.9. The van der Waals surface area contributed by atoms with Gasteiger partial charge in [-0.2, -0.15) is 0 Å². The van der Waals surface area contributed by atoms with Gasteiger partial charge in [0.1, 0.15) is 0 Å². The first-order valence-electron chi connectivity index (χ1n) is 5.55. The van der Waals surface area contributed by atoms with E-state index in [1.54, 1.807) is 7.11 Å². The van der Waals surface area contributed by atoms with E-state index in [4.69, 9.17) is 4.74 Å². The van der Waals surface area contributed by atoms with E-state index in [1.165, 1.54) is 0 Å². The molecule has 0 N–H and O–H groups in total. The van der Waals surface area contributed by atoms with E-state index < -0.39 is 0 Å². The zero-order valence-electron chi connectivity index (χ0n) is 10.7. The van der Waals surface area contributed by atoms with Crippen LogP contribution in [-0.2, 0) is 9.53 Å². The van der Waals surface area contributed by atoms with Crippen molar-refractivity contribution in [1.82, 2.24) is 9.80 Å². The highest BCUT2D eigenvalue weighted by atomic mass is 79.9. The van der Waals surface area contributed by atoms with Crippen LogP contribution in [0.15, 0.2) is 0 Å². The lowest BCUT2D eigenvalue weighted by molar-refractivity contribution is -0.130. The Morgan fingerprint density at radius 2 is 1.94 bits per heavy atom. The number of carbonyl (C=O) groups is 1. The highest BCUT2D eigenvalue weighted by Crippen LogP contribution is 2.05. The fourth-order valence-corrected chi connectivity index (χ4v) is 1.65. The van der Waals surface area contributed by atoms with E-state index in [2.05, 4.69) is 20.8 Å². The van der Waals surface area contributed by atoms with Crippen LogP contribution in [0, 0.1) is 0 Å². The van der Waals surface area contributed by atoms with Crippen LogP contribution in [-0.4, -0.2) is 68.0 Å². The van der Waals surface area contributed by atoms with Crippen molar-refractivity contribution in [1.29, 1.82) is 0 Å². The number of methoxy groups -OCH3 is 1. The number of alkyl halides is 1. The van der Waals surface area contributed by atoms with E-state index in [9.17, 15) is 4.79 Å². The fourth-order valence-electron chi connectivity index (χ4n) is 1.36. The Bertz CT molecular complexity index is 198. The van der Waals surface area contributed by atoms with Crippen LogP contribution < -0.4 is 0 Å². The molecular weight excluding hydrogens is 272 g/mol. The molecule has 0 aliphatic rings. The second-order valence-corrected chi connectivity index (χ2v) is 5.46. The van der Waals surface area contributed by atoms with Crippen LogP contribution in [0.4, 0.5) is 0 Å². The minimum Gasteiger partial charge on any atom is -0.383 e. The molecule has 0 rings (SSSR count). The van der Waals surface area contributed by atoms with Crippen molar-refractivity contribution >= 4 is 21.8 Å². The van der Waals surface area contributed by atoms with Gasteiger partial charge in [-0.15, -0.1) is 0 Å². The van der Waals surface area contributed by atoms with Crippen LogP contribution in [0.1, 0.15) is 13.3 Å². The molecule has 0 aromatic heterocycles. The third-order valence-corrected chi connectivity index (χ3v) is 2.64. The summed E-state index contributed by atoms with van der Waals surface area (Å²) in [5, 5.41) is 0. The highest BCUT2D eigenvalue weighted by molar-refractivity contribution is 9.10. The van der Waals surface area contributed by atoms with Gasteiger partial charge in [-0.3, -0.25) is 4.79 Å². The van der Waals surface area contributed by atoms with Gasteiger partial charge in [0.25, 0.3) is 0 Å². The Labute approximate surface area is 107 Å². The van der Waals surface area contributed by atoms with Gasteiger partial charge in [-0.05, 0) is 34.0 Å². The molecule has 0 heterocycles. The van der Waals surface area contributed by atoms with Gasteiger partial charge in [0.15, 0.2) is 0 Å². The van der Waals surface area contributed by atoms with Crippen LogP contribution in [0.3, 0.4) is 0 Å². The monoisotopic (exact) mass is 294 g/mol. The summed E-state index contributed by atoms with van der Waals surface area (Å²) in [5.74, 6) is 0.135. The number of carbonyl (C=O) groups excluding carboxylic acids is 1. The number of hydrogen-bond donors (Lipinski definition) is 0. The summed E-state index contributed by atoms with van der Waals surface area (Å²) in [5.41, 5.74) is 0. The molecule has 0 spiro atoms. The Morgan fingerprint density at radius 3 is 2.38 bits per heavy atom. The van der Waals surface area contributed by atoms with Crippen molar-refractivity contribution in [2.45, 2.75) is 18.2 Å². The first-order chi connectivity index (χ1) is 7.49. The summed E-state index contributed by atoms with van der Waals surface area (Å²) in [6.07, 6.45) is 0.988. The van der Waals surface area contributed by atoms with Gasteiger partial charge in [0.2, 0.25) is 5.91 Å². The average molecular weight is 295 g/mol. The number of amides is 1. The summed E-state index contributed by atoms with van der Waals surface area (Å²) in [7, 11) is 5.73. The Hall–Kier alpha value is -0.130. The minimum absolute atomic E-state index is 0.122. The maximum atomic E-state index is 11.8. The smallest absolute Gasteiger partial charge is 0.236 e. The molecule has 1 atom stereocenters. The molecule has 1 unspecified atom stereocenters. The third kappa shape index (κ3) is 7.19. The molecule has 96 valence electrons. The molecule has 0 bridgehead atoms. The topological polar surface area (TPSA) is 32.8 Å². The molecule has 1 amide bonds. The van der Waals surface area contributed by atoms with Gasteiger partial charge < -0.3 is 14.5 Å². The van der Waals surface area contributed by atoms with E-state index in [0.29, 0.717) is 13.2 Å². The highest BCUT2D eigenvalue weighted by Gasteiger charge is 2.17. The Morgan fingerprint density at radius 1 is 1.31 bits per heavy atom. The van der Waals surface area contributed by atoms with Crippen molar-refractivity contribution < 1.29 is 9.53 Å². The molecule has 16 heavy (non-hydrogen) atoms. The number of hydrogen-bond acceptors (Lipinski definition) is 3. The zero-order chi connectivity index (χ0) is 12.6. The summed E-state index contributed by atoms with van der Waals surface area (Å²) >= 11 is 3.31. The lowest BCUT2D eigenvalue weighted by Gasteiger charge is -2.24. The first-order valence-corrected chi connectivity index (χ1v) is 6.47. The van der Waals surface area contributed by atoms with Crippen LogP contribution in [0.5, 0.6) is 0 Å². The van der Waals surface area contributed by atoms with E-state index >= 15 is 0 Å². The van der Waals surface area contributed by atoms with Crippen molar-refractivity contribution in [3.8, 4) is 0 Å². The van der Waals surface area contributed by atoms with Gasteiger partial charge in [-0.25, -0.2) is 0 Å². The molecule has 5 heteroatoms. The van der Waals surface area contributed by atoms with Gasteiger partial charge in [0.05, 0.1) is 11.4 Å². The molecule has 0 aliphatic heterocycles. The van der Waals surface area contributed by atoms with Crippen molar-refractivity contribution in [2.75, 3.05) is 47.4 Å². The number of rotatable bonds is 8. The summed E-state index contributed by atoms with van der Waals surface area (Å²) < 4.78 is 5.01. The molecule has 0 aliphatic carbocycles. The second kappa shape index (κ2) is 8.96. The lowest BCUT2D eigenvalue weighted by Crippen LogP contribution is -2.39. The Kier molecular flexibility index (Phi) is 8.89. The number of ether oxygens (including phenoxy) is 1. The molecule has 0 saturated carbocycles. The SMILES string of the molecule is COCCN(CCCN(C)C)C(=O)C(C)Br. The van der Waals surface area contributed by atoms with Crippen LogP contribution >= 0.6 is 15.9 Å². The van der Waals surface area contributed by atoms with E-state index in [1.807, 2.05) is 25.9 Å². The van der Waals surface area contributed by atoms with Crippen molar-refractivity contribution in [2.24, 2.45) is 0 Å². The summed E-state index contributed by atoms with van der Waals surface area (Å²) in [6, 6.07) is 0. The van der Waals surface area contributed by atoms with Crippen molar-refractivity contribution in [3.05, 3.63) is 0 Å². The van der Waals surface area contributed by atoms with Gasteiger partial charge in [0, 0.05) is 20.2 Å². The van der Waals surface area contributed by atoms with Gasteiger partial charge >= 0.3 is 0 Å². The van der Waals surface area contributed by atoms with E-state index in [0.717, 1.165) is 19.5 Å². The molecule has 0 fully saturated rings. The molecule has 0 saturated heterocycles. The predicted molar refractivity (Wildman–Crippen MR) is 70.0 cm³/mol. The van der Waals surface area contributed by atoms with E-state index in [-0.39, 0.29) is 10.7 Å². The minimum atomic E-state index is -0.122. The second-order valence-electron chi connectivity index (χ2n) is 4.09. The Balaban J connectivity index is 4.04. The molecule has 0 aromatic rings. The molecule has 0 radical (unpaired) electrons. The van der Waals surface area contributed by atoms with Crippen molar-refractivity contribution in [3.63, 3.8) is 0 Å². The summed E-state index contributed by atoms with van der Waals surface area (Å²) in [4.78, 5) is 15.7.